The Hall–Kier alpha value is -1.73. The second kappa shape index (κ2) is 7.72. The van der Waals surface area contributed by atoms with Gasteiger partial charge in [0.1, 0.15) is 6.10 Å². The van der Waals surface area contributed by atoms with Crippen molar-refractivity contribution in [3.63, 3.8) is 0 Å². The van der Waals surface area contributed by atoms with Crippen LogP contribution in [0.25, 0.3) is 11.1 Å². The highest BCUT2D eigenvalue weighted by atomic mass is 32.2. The molecule has 1 saturated heterocycles. The maximum Gasteiger partial charge on any atom is 0.214 e. The summed E-state index contributed by atoms with van der Waals surface area (Å²) in [5.41, 5.74) is 3.19. The average Bonchev–Trinajstić information content (AvgIpc) is 2.67. The Balaban J connectivity index is 1.92. The van der Waals surface area contributed by atoms with E-state index in [1.165, 1.54) is 4.31 Å². The second-order valence-electron chi connectivity index (χ2n) is 7.22. The molecule has 0 spiro atoms. The van der Waals surface area contributed by atoms with Crippen LogP contribution in [-0.2, 0) is 19.5 Å². The van der Waals surface area contributed by atoms with Crippen LogP contribution in [0.2, 0.25) is 0 Å². The zero-order valence-electron chi connectivity index (χ0n) is 16.3. The third-order valence-corrected chi connectivity index (χ3v) is 6.86. The quantitative estimate of drug-likeness (QED) is 0.780. The van der Waals surface area contributed by atoms with Crippen LogP contribution in [0.4, 0.5) is 0 Å². The van der Waals surface area contributed by atoms with Crippen LogP contribution in [0.3, 0.4) is 0 Å². The Bertz CT molecular complexity index is 863. The fourth-order valence-electron chi connectivity index (χ4n) is 3.28. The van der Waals surface area contributed by atoms with E-state index in [2.05, 4.69) is 12.1 Å². The van der Waals surface area contributed by atoms with Crippen LogP contribution in [0.1, 0.15) is 32.4 Å². The molecule has 1 aliphatic rings. The van der Waals surface area contributed by atoms with Gasteiger partial charge in [-0.2, -0.15) is 4.31 Å². The minimum absolute atomic E-state index is 0.0447. The Kier molecular flexibility index (Phi) is 5.72. The number of benzene rings is 2. The standard InChI is InChI=1S/C21H27NO4S/c1-5-27(23,24)22(4)19-15-25-21(2,3)26-20(19)18-13-11-17(12-14-18)16-9-7-6-8-10-16/h6-14,19-20H,5,15H2,1-4H3/t19-,20-/m0/s1. The summed E-state index contributed by atoms with van der Waals surface area (Å²) < 4.78 is 38.1. The predicted octanol–water partition coefficient (Wildman–Crippen LogP) is 3.83. The molecule has 6 heteroatoms. The SMILES string of the molecule is CCS(=O)(=O)N(C)[C@H]1COC(C)(C)O[C@H]1c1ccc(-c2ccccc2)cc1. The summed E-state index contributed by atoms with van der Waals surface area (Å²) >= 11 is 0. The molecule has 0 radical (unpaired) electrons. The van der Waals surface area contributed by atoms with Crippen molar-refractivity contribution in [2.24, 2.45) is 0 Å². The normalized spacial score (nSPS) is 22.7. The molecule has 1 aliphatic heterocycles. The van der Waals surface area contributed by atoms with Gasteiger partial charge in [-0.15, -0.1) is 0 Å². The molecule has 1 heterocycles. The van der Waals surface area contributed by atoms with Crippen molar-refractivity contribution in [2.75, 3.05) is 19.4 Å². The molecule has 5 nitrogen and oxygen atoms in total. The second-order valence-corrected chi connectivity index (χ2v) is 9.54. The van der Waals surface area contributed by atoms with Gasteiger partial charge in [-0.3, -0.25) is 0 Å². The van der Waals surface area contributed by atoms with Gasteiger partial charge >= 0.3 is 0 Å². The molecule has 0 amide bonds. The number of hydrogen-bond donors (Lipinski definition) is 0. The Morgan fingerprint density at radius 1 is 1.04 bits per heavy atom. The summed E-state index contributed by atoms with van der Waals surface area (Å²) in [6.45, 7) is 5.63. The lowest BCUT2D eigenvalue weighted by Crippen LogP contribution is -2.52. The molecule has 0 aliphatic carbocycles. The number of rotatable bonds is 5. The van der Waals surface area contributed by atoms with Gasteiger partial charge in [-0.25, -0.2) is 8.42 Å². The highest BCUT2D eigenvalue weighted by Gasteiger charge is 2.42. The molecule has 3 rings (SSSR count). The molecule has 0 bridgehead atoms. The van der Waals surface area contributed by atoms with Gasteiger partial charge in [0.15, 0.2) is 5.79 Å². The molecular weight excluding hydrogens is 362 g/mol. The smallest absolute Gasteiger partial charge is 0.214 e. The first-order chi connectivity index (χ1) is 12.7. The minimum Gasteiger partial charge on any atom is -0.349 e. The lowest BCUT2D eigenvalue weighted by Gasteiger charge is -2.44. The van der Waals surface area contributed by atoms with Crippen molar-refractivity contribution < 1.29 is 17.9 Å². The van der Waals surface area contributed by atoms with Gasteiger partial charge in [-0.1, -0.05) is 54.6 Å². The minimum atomic E-state index is -3.35. The summed E-state index contributed by atoms with van der Waals surface area (Å²) in [5.74, 6) is -0.723. The first-order valence-corrected chi connectivity index (χ1v) is 10.8. The van der Waals surface area contributed by atoms with E-state index in [0.29, 0.717) is 0 Å². The monoisotopic (exact) mass is 389 g/mol. The van der Waals surface area contributed by atoms with Crippen LogP contribution in [0.15, 0.2) is 54.6 Å². The molecular formula is C21H27NO4S. The summed E-state index contributed by atoms with van der Waals surface area (Å²) in [4.78, 5) is 0. The van der Waals surface area contributed by atoms with E-state index >= 15 is 0 Å². The fraction of sp³-hybridized carbons (Fsp3) is 0.429. The molecule has 0 saturated carbocycles. The molecule has 146 valence electrons. The van der Waals surface area contributed by atoms with Crippen LogP contribution < -0.4 is 0 Å². The maximum atomic E-state index is 12.4. The molecule has 27 heavy (non-hydrogen) atoms. The molecule has 2 atom stereocenters. The molecule has 2 aromatic rings. The van der Waals surface area contributed by atoms with Crippen molar-refractivity contribution in [2.45, 2.75) is 38.7 Å². The van der Waals surface area contributed by atoms with E-state index in [-0.39, 0.29) is 12.4 Å². The van der Waals surface area contributed by atoms with Crippen molar-refractivity contribution in [1.29, 1.82) is 0 Å². The van der Waals surface area contributed by atoms with Crippen molar-refractivity contribution >= 4 is 10.0 Å². The van der Waals surface area contributed by atoms with Gasteiger partial charge in [0.2, 0.25) is 10.0 Å². The van der Waals surface area contributed by atoms with Gasteiger partial charge in [0.05, 0.1) is 18.4 Å². The largest absolute Gasteiger partial charge is 0.349 e. The first kappa shape index (κ1) is 20.0. The van der Waals surface area contributed by atoms with E-state index < -0.39 is 28.0 Å². The first-order valence-electron chi connectivity index (χ1n) is 9.16. The fourth-order valence-corrected chi connectivity index (χ4v) is 4.27. The number of ether oxygens (including phenoxy) is 2. The Morgan fingerprint density at radius 2 is 1.63 bits per heavy atom. The number of nitrogens with zero attached hydrogens (tertiary/aromatic N) is 1. The number of sulfonamides is 1. The van der Waals surface area contributed by atoms with E-state index in [9.17, 15) is 8.42 Å². The van der Waals surface area contributed by atoms with Gasteiger partial charge in [-0.05, 0) is 37.5 Å². The average molecular weight is 390 g/mol. The third kappa shape index (κ3) is 4.41. The highest BCUT2D eigenvalue weighted by Crippen LogP contribution is 2.36. The topological polar surface area (TPSA) is 55.8 Å². The lowest BCUT2D eigenvalue weighted by molar-refractivity contribution is -0.291. The van der Waals surface area contributed by atoms with Crippen LogP contribution in [-0.4, -0.2) is 44.0 Å². The molecule has 0 unspecified atom stereocenters. The van der Waals surface area contributed by atoms with Gasteiger partial charge in [0.25, 0.3) is 0 Å². The van der Waals surface area contributed by atoms with Gasteiger partial charge in [0, 0.05) is 7.05 Å². The maximum absolute atomic E-state index is 12.4. The third-order valence-electron chi connectivity index (χ3n) is 4.98. The summed E-state index contributed by atoms with van der Waals surface area (Å²) in [7, 11) is -1.76. The number of likely N-dealkylation sites (N-methyl/N-ethyl adjacent to an activating group) is 1. The molecule has 2 aromatic carbocycles. The zero-order chi connectivity index (χ0) is 19.7. The number of hydrogen-bond acceptors (Lipinski definition) is 4. The van der Waals surface area contributed by atoms with Crippen LogP contribution in [0.5, 0.6) is 0 Å². The van der Waals surface area contributed by atoms with Crippen LogP contribution in [0, 0.1) is 0 Å². The zero-order valence-corrected chi connectivity index (χ0v) is 17.1. The summed E-state index contributed by atoms with van der Waals surface area (Å²) in [6.07, 6.45) is -0.398. The Labute approximate surface area is 162 Å². The van der Waals surface area contributed by atoms with Crippen molar-refractivity contribution in [1.82, 2.24) is 4.31 Å². The van der Waals surface area contributed by atoms with Crippen molar-refractivity contribution in [3.05, 3.63) is 60.2 Å². The highest BCUT2D eigenvalue weighted by molar-refractivity contribution is 7.89. The Morgan fingerprint density at radius 3 is 2.22 bits per heavy atom. The van der Waals surface area contributed by atoms with E-state index in [1.807, 2.05) is 56.3 Å². The lowest BCUT2D eigenvalue weighted by atomic mass is 9.97. The van der Waals surface area contributed by atoms with E-state index in [1.54, 1.807) is 14.0 Å². The van der Waals surface area contributed by atoms with Crippen molar-refractivity contribution in [3.8, 4) is 11.1 Å². The van der Waals surface area contributed by atoms with E-state index in [4.69, 9.17) is 9.47 Å². The summed E-state index contributed by atoms with van der Waals surface area (Å²) in [5, 5.41) is 0. The van der Waals surface area contributed by atoms with Gasteiger partial charge < -0.3 is 9.47 Å². The summed E-state index contributed by atoms with van der Waals surface area (Å²) in [6, 6.07) is 17.8. The predicted molar refractivity (Wildman–Crippen MR) is 107 cm³/mol. The molecule has 1 fully saturated rings. The van der Waals surface area contributed by atoms with Crippen LogP contribution >= 0.6 is 0 Å². The van der Waals surface area contributed by atoms with E-state index in [0.717, 1.165) is 16.7 Å². The molecule has 0 N–H and O–H groups in total. The molecule has 0 aromatic heterocycles.